The van der Waals surface area contributed by atoms with Gasteiger partial charge in [-0.15, -0.1) is 0 Å². The van der Waals surface area contributed by atoms with Crippen LogP contribution in [0.4, 0.5) is 0 Å². The molecule has 0 saturated heterocycles. The van der Waals surface area contributed by atoms with Crippen molar-refractivity contribution in [2.75, 3.05) is 13.2 Å². The normalized spacial score (nSPS) is 12.4. The first kappa shape index (κ1) is 18.4. The van der Waals surface area contributed by atoms with E-state index in [9.17, 15) is 4.79 Å². The highest BCUT2D eigenvalue weighted by molar-refractivity contribution is 5.72. The summed E-state index contributed by atoms with van der Waals surface area (Å²) in [5.41, 5.74) is 0. The second-order valence-corrected chi connectivity index (χ2v) is 5.22. The minimum atomic E-state index is -0.139. The predicted molar refractivity (Wildman–Crippen MR) is 79.1 cm³/mol. The summed E-state index contributed by atoms with van der Waals surface area (Å²) in [5.74, 6) is -0.246. The van der Waals surface area contributed by atoms with Crippen molar-refractivity contribution in [2.45, 2.75) is 78.1 Å². The molecule has 0 aliphatic rings. The van der Waals surface area contributed by atoms with E-state index in [1.165, 1.54) is 44.9 Å². The second kappa shape index (κ2) is 13.9. The van der Waals surface area contributed by atoms with Gasteiger partial charge in [-0.05, 0) is 19.8 Å². The van der Waals surface area contributed by atoms with Crippen molar-refractivity contribution in [3.8, 4) is 0 Å². The molecule has 0 saturated carbocycles. The van der Waals surface area contributed by atoms with Crippen LogP contribution in [0.1, 0.15) is 78.1 Å². The highest BCUT2D eigenvalue weighted by Crippen LogP contribution is 2.17. The van der Waals surface area contributed by atoms with E-state index in [0.717, 1.165) is 12.8 Å². The lowest BCUT2D eigenvalue weighted by molar-refractivity contribution is -0.148. The summed E-state index contributed by atoms with van der Waals surface area (Å²) < 4.78 is 5.03. The number of aliphatic hydroxyl groups is 1. The number of ether oxygens (including phenoxy) is 1. The Balaban J connectivity index is 3.55. The molecule has 0 heterocycles. The van der Waals surface area contributed by atoms with Crippen molar-refractivity contribution in [1.29, 1.82) is 0 Å². The van der Waals surface area contributed by atoms with E-state index in [-0.39, 0.29) is 18.5 Å². The highest BCUT2D eigenvalue weighted by Gasteiger charge is 2.18. The highest BCUT2D eigenvalue weighted by atomic mass is 16.5. The van der Waals surface area contributed by atoms with Gasteiger partial charge in [0, 0.05) is 6.61 Å². The van der Waals surface area contributed by atoms with Crippen molar-refractivity contribution in [1.82, 2.24) is 0 Å². The SMILES string of the molecule is CCCCCCCCCCC(CCO)C(=O)OCC. The number of hydrogen-bond acceptors (Lipinski definition) is 3. The van der Waals surface area contributed by atoms with Crippen LogP contribution in [0, 0.1) is 5.92 Å². The van der Waals surface area contributed by atoms with E-state index in [1.807, 2.05) is 6.92 Å². The molecular formula is C16H32O3. The summed E-state index contributed by atoms with van der Waals surface area (Å²) >= 11 is 0. The molecule has 1 atom stereocenters. The average Bonchev–Trinajstić information content (AvgIpc) is 2.40. The van der Waals surface area contributed by atoms with Gasteiger partial charge in [0.15, 0.2) is 0 Å². The second-order valence-electron chi connectivity index (χ2n) is 5.22. The van der Waals surface area contributed by atoms with Crippen molar-refractivity contribution in [3.63, 3.8) is 0 Å². The molecule has 0 spiro atoms. The monoisotopic (exact) mass is 272 g/mol. The largest absolute Gasteiger partial charge is 0.466 e. The van der Waals surface area contributed by atoms with E-state index in [1.54, 1.807) is 0 Å². The van der Waals surface area contributed by atoms with Crippen LogP contribution in [0.5, 0.6) is 0 Å². The zero-order valence-corrected chi connectivity index (χ0v) is 12.8. The van der Waals surface area contributed by atoms with Gasteiger partial charge >= 0.3 is 5.97 Å². The molecule has 1 N–H and O–H groups in total. The van der Waals surface area contributed by atoms with E-state index in [2.05, 4.69) is 6.92 Å². The molecule has 114 valence electrons. The Kier molecular flexibility index (Phi) is 13.4. The molecule has 0 radical (unpaired) electrons. The summed E-state index contributed by atoms with van der Waals surface area (Å²) in [5, 5.41) is 8.97. The molecule has 0 amide bonds. The van der Waals surface area contributed by atoms with E-state index >= 15 is 0 Å². The maximum atomic E-state index is 11.6. The number of unbranched alkanes of at least 4 members (excludes halogenated alkanes) is 7. The molecule has 0 rings (SSSR count). The summed E-state index contributed by atoms with van der Waals surface area (Å²) in [6.07, 6.45) is 11.6. The summed E-state index contributed by atoms with van der Waals surface area (Å²) in [4.78, 5) is 11.6. The molecule has 1 unspecified atom stereocenters. The molecule has 0 aromatic heterocycles. The minimum absolute atomic E-state index is 0.0699. The van der Waals surface area contributed by atoms with Gasteiger partial charge in [0.1, 0.15) is 0 Å². The molecule has 0 aromatic rings. The molecule has 0 aliphatic carbocycles. The van der Waals surface area contributed by atoms with Gasteiger partial charge in [-0.2, -0.15) is 0 Å². The first-order valence-electron chi connectivity index (χ1n) is 8.03. The van der Waals surface area contributed by atoms with Gasteiger partial charge in [0.2, 0.25) is 0 Å². The van der Waals surface area contributed by atoms with E-state index in [0.29, 0.717) is 13.0 Å². The first-order valence-corrected chi connectivity index (χ1v) is 8.03. The third-order valence-corrected chi connectivity index (χ3v) is 3.50. The standard InChI is InChI=1S/C16H32O3/c1-3-5-6-7-8-9-10-11-12-15(13-14-17)16(18)19-4-2/h15,17H,3-14H2,1-2H3. The van der Waals surface area contributed by atoms with Crippen molar-refractivity contribution in [2.24, 2.45) is 5.92 Å². The van der Waals surface area contributed by atoms with Crippen molar-refractivity contribution < 1.29 is 14.6 Å². The lowest BCUT2D eigenvalue weighted by Crippen LogP contribution is -2.19. The maximum absolute atomic E-state index is 11.6. The van der Waals surface area contributed by atoms with E-state index in [4.69, 9.17) is 9.84 Å². The van der Waals surface area contributed by atoms with Crippen LogP contribution in [0.25, 0.3) is 0 Å². The van der Waals surface area contributed by atoms with Gasteiger partial charge in [0.25, 0.3) is 0 Å². The lowest BCUT2D eigenvalue weighted by Gasteiger charge is -2.14. The molecule has 3 nitrogen and oxygen atoms in total. The summed E-state index contributed by atoms with van der Waals surface area (Å²) in [7, 11) is 0. The third-order valence-electron chi connectivity index (χ3n) is 3.50. The van der Waals surface area contributed by atoms with Gasteiger partial charge in [-0.25, -0.2) is 0 Å². The van der Waals surface area contributed by atoms with Crippen LogP contribution < -0.4 is 0 Å². The Morgan fingerprint density at radius 1 is 0.947 bits per heavy atom. The van der Waals surface area contributed by atoms with Crippen molar-refractivity contribution >= 4 is 5.97 Å². The lowest BCUT2D eigenvalue weighted by atomic mass is 9.97. The van der Waals surface area contributed by atoms with Gasteiger partial charge in [-0.1, -0.05) is 58.3 Å². The van der Waals surface area contributed by atoms with Crippen LogP contribution >= 0.6 is 0 Å². The molecule has 0 fully saturated rings. The fourth-order valence-electron chi connectivity index (χ4n) is 2.32. The van der Waals surface area contributed by atoms with Gasteiger partial charge in [-0.3, -0.25) is 4.79 Å². The topological polar surface area (TPSA) is 46.5 Å². The molecular weight excluding hydrogens is 240 g/mol. The molecule has 19 heavy (non-hydrogen) atoms. The Bertz CT molecular complexity index is 204. The summed E-state index contributed by atoms with van der Waals surface area (Å²) in [6.45, 7) is 4.56. The Morgan fingerprint density at radius 3 is 2.05 bits per heavy atom. The van der Waals surface area contributed by atoms with Crippen LogP contribution in [0.3, 0.4) is 0 Å². The molecule has 0 aliphatic heterocycles. The number of aliphatic hydroxyl groups excluding tert-OH is 1. The Morgan fingerprint density at radius 2 is 1.53 bits per heavy atom. The third kappa shape index (κ3) is 11.0. The Labute approximate surface area is 118 Å². The summed E-state index contributed by atoms with van der Waals surface area (Å²) in [6, 6.07) is 0. The zero-order chi connectivity index (χ0) is 14.3. The number of esters is 1. The van der Waals surface area contributed by atoms with Gasteiger partial charge in [0.05, 0.1) is 12.5 Å². The predicted octanol–water partition coefficient (Wildman–Crippen LogP) is 4.08. The Hall–Kier alpha value is -0.570. The van der Waals surface area contributed by atoms with Crippen LogP contribution in [-0.4, -0.2) is 24.3 Å². The van der Waals surface area contributed by atoms with Crippen LogP contribution in [0.15, 0.2) is 0 Å². The van der Waals surface area contributed by atoms with Crippen LogP contribution in [-0.2, 0) is 9.53 Å². The first-order chi connectivity index (χ1) is 9.26. The molecule has 0 bridgehead atoms. The smallest absolute Gasteiger partial charge is 0.309 e. The zero-order valence-electron chi connectivity index (χ0n) is 12.8. The molecule has 3 heteroatoms. The number of rotatable bonds is 13. The fraction of sp³-hybridized carbons (Fsp3) is 0.938. The number of carbonyl (C=O) groups excluding carboxylic acids is 1. The minimum Gasteiger partial charge on any atom is -0.466 e. The van der Waals surface area contributed by atoms with E-state index < -0.39 is 0 Å². The van der Waals surface area contributed by atoms with Crippen LogP contribution in [0.2, 0.25) is 0 Å². The van der Waals surface area contributed by atoms with Gasteiger partial charge < -0.3 is 9.84 Å². The fourth-order valence-corrected chi connectivity index (χ4v) is 2.32. The quantitative estimate of drug-likeness (QED) is 0.406. The number of carbonyl (C=O) groups is 1. The number of hydrogen-bond donors (Lipinski definition) is 1. The van der Waals surface area contributed by atoms with Crippen molar-refractivity contribution in [3.05, 3.63) is 0 Å². The molecule has 0 aromatic carbocycles. The maximum Gasteiger partial charge on any atom is 0.309 e. The average molecular weight is 272 g/mol.